The topological polar surface area (TPSA) is 113 Å². The highest BCUT2D eigenvalue weighted by Gasteiger charge is 2.44. The molecule has 0 aliphatic heterocycles. The summed E-state index contributed by atoms with van der Waals surface area (Å²) in [4.78, 5) is 17.5. The molecule has 0 aromatic rings. The van der Waals surface area contributed by atoms with Crippen molar-refractivity contribution >= 4 is 7.82 Å². The number of aliphatic hydroxyl groups excluding tert-OH is 1. The standard InChI is InChI=1S/C11H26NO5P/c1-9(2,3)6-10(4,5)11(12,7-13)8-17-18(14,15)16/h13H,6-8,12H2,1-5H3,(H2,14,15,16). The molecular formula is C11H26NO5P. The third-order valence-electron chi connectivity index (χ3n) is 3.09. The van der Waals surface area contributed by atoms with Gasteiger partial charge < -0.3 is 20.6 Å². The summed E-state index contributed by atoms with van der Waals surface area (Å²) < 4.78 is 15.2. The van der Waals surface area contributed by atoms with Crippen molar-refractivity contribution in [1.82, 2.24) is 0 Å². The van der Waals surface area contributed by atoms with Gasteiger partial charge in [-0.2, -0.15) is 0 Å². The molecule has 0 rings (SSSR count). The fraction of sp³-hybridized carbons (Fsp3) is 1.00. The lowest BCUT2D eigenvalue weighted by Crippen LogP contribution is -2.59. The van der Waals surface area contributed by atoms with Crippen LogP contribution in [-0.4, -0.2) is 33.6 Å². The van der Waals surface area contributed by atoms with Crippen LogP contribution in [0.5, 0.6) is 0 Å². The van der Waals surface area contributed by atoms with E-state index in [0.717, 1.165) is 0 Å². The summed E-state index contributed by atoms with van der Waals surface area (Å²) in [6.07, 6.45) is 0.682. The van der Waals surface area contributed by atoms with Gasteiger partial charge in [0.15, 0.2) is 0 Å². The molecule has 0 aliphatic carbocycles. The molecule has 0 amide bonds. The summed E-state index contributed by atoms with van der Waals surface area (Å²) >= 11 is 0. The minimum atomic E-state index is -4.59. The molecular weight excluding hydrogens is 257 g/mol. The van der Waals surface area contributed by atoms with Crippen molar-refractivity contribution in [3.63, 3.8) is 0 Å². The van der Waals surface area contributed by atoms with Crippen molar-refractivity contribution < 1.29 is 24.0 Å². The van der Waals surface area contributed by atoms with E-state index in [4.69, 9.17) is 15.5 Å². The number of rotatable bonds is 6. The van der Waals surface area contributed by atoms with E-state index in [2.05, 4.69) is 4.52 Å². The average molecular weight is 283 g/mol. The van der Waals surface area contributed by atoms with Gasteiger partial charge in [-0.25, -0.2) is 4.57 Å². The number of hydrogen-bond acceptors (Lipinski definition) is 4. The van der Waals surface area contributed by atoms with Gasteiger partial charge in [0.2, 0.25) is 0 Å². The predicted molar refractivity (Wildman–Crippen MR) is 69.9 cm³/mol. The van der Waals surface area contributed by atoms with Crippen LogP contribution < -0.4 is 5.73 Å². The zero-order valence-corrected chi connectivity index (χ0v) is 12.7. The summed E-state index contributed by atoms with van der Waals surface area (Å²) in [7, 11) is -4.59. The average Bonchev–Trinajstić information content (AvgIpc) is 2.08. The fourth-order valence-electron chi connectivity index (χ4n) is 2.16. The molecule has 0 aromatic heterocycles. The highest BCUT2D eigenvalue weighted by atomic mass is 31.2. The Morgan fingerprint density at radius 3 is 1.89 bits per heavy atom. The monoisotopic (exact) mass is 283 g/mol. The molecule has 0 fully saturated rings. The minimum Gasteiger partial charge on any atom is -0.394 e. The van der Waals surface area contributed by atoms with Crippen LogP contribution in [0.15, 0.2) is 0 Å². The van der Waals surface area contributed by atoms with E-state index in [1.807, 2.05) is 34.6 Å². The lowest BCUT2D eigenvalue weighted by molar-refractivity contribution is 0.00698. The van der Waals surface area contributed by atoms with E-state index in [1.54, 1.807) is 0 Å². The normalized spacial score (nSPS) is 17.6. The Bertz CT molecular complexity index is 320. The van der Waals surface area contributed by atoms with Crippen molar-refractivity contribution in [2.45, 2.75) is 46.6 Å². The van der Waals surface area contributed by atoms with Gasteiger partial charge in [-0.3, -0.25) is 4.52 Å². The Labute approximate surface area is 109 Å². The van der Waals surface area contributed by atoms with E-state index in [9.17, 15) is 9.67 Å². The van der Waals surface area contributed by atoms with Gasteiger partial charge in [0.1, 0.15) is 0 Å². The third kappa shape index (κ3) is 5.78. The van der Waals surface area contributed by atoms with Gasteiger partial charge in [-0.15, -0.1) is 0 Å². The lowest BCUT2D eigenvalue weighted by Gasteiger charge is -2.45. The second-order valence-electron chi connectivity index (χ2n) is 6.70. The first kappa shape index (κ1) is 18.0. The van der Waals surface area contributed by atoms with Crippen LogP contribution >= 0.6 is 7.82 Å². The van der Waals surface area contributed by atoms with E-state index >= 15 is 0 Å². The number of nitrogens with two attached hydrogens (primary N) is 1. The zero-order chi connectivity index (χ0) is 14.8. The quantitative estimate of drug-likeness (QED) is 0.546. The SMILES string of the molecule is CC(C)(C)CC(C)(C)C(N)(CO)COP(=O)(O)O. The molecule has 0 radical (unpaired) electrons. The zero-order valence-electron chi connectivity index (χ0n) is 11.8. The molecule has 7 heteroatoms. The molecule has 0 aliphatic rings. The predicted octanol–water partition coefficient (Wildman–Crippen LogP) is 1.25. The molecule has 110 valence electrons. The van der Waals surface area contributed by atoms with Crippen LogP contribution in [0.3, 0.4) is 0 Å². The first-order valence-corrected chi connectivity index (χ1v) is 7.35. The third-order valence-corrected chi connectivity index (χ3v) is 3.56. The minimum absolute atomic E-state index is 0.0224. The lowest BCUT2D eigenvalue weighted by atomic mass is 9.65. The molecule has 0 spiro atoms. The smallest absolute Gasteiger partial charge is 0.394 e. The molecule has 0 saturated heterocycles. The molecule has 0 heterocycles. The maximum atomic E-state index is 10.7. The van der Waals surface area contributed by atoms with Crippen LogP contribution in [0.4, 0.5) is 0 Å². The molecule has 0 aromatic carbocycles. The number of phosphoric acid groups is 1. The van der Waals surface area contributed by atoms with Gasteiger partial charge in [0, 0.05) is 0 Å². The van der Waals surface area contributed by atoms with Crippen LogP contribution in [-0.2, 0) is 9.09 Å². The van der Waals surface area contributed by atoms with E-state index in [1.165, 1.54) is 0 Å². The second kappa shape index (κ2) is 5.57. The Hall–Kier alpha value is 0.0300. The van der Waals surface area contributed by atoms with E-state index in [-0.39, 0.29) is 5.41 Å². The van der Waals surface area contributed by atoms with Crippen molar-refractivity contribution in [3.8, 4) is 0 Å². The maximum Gasteiger partial charge on any atom is 0.469 e. The van der Waals surface area contributed by atoms with E-state index in [0.29, 0.717) is 6.42 Å². The Morgan fingerprint density at radius 2 is 1.61 bits per heavy atom. The second-order valence-corrected chi connectivity index (χ2v) is 7.94. The van der Waals surface area contributed by atoms with Crippen LogP contribution in [0, 0.1) is 10.8 Å². The number of aliphatic hydroxyl groups is 1. The van der Waals surface area contributed by atoms with Gasteiger partial charge >= 0.3 is 7.82 Å². The molecule has 1 atom stereocenters. The molecule has 0 bridgehead atoms. The summed E-state index contributed by atoms with van der Waals surface area (Å²) in [5.41, 5.74) is 4.31. The summed E-state index contributed by atoms with van der Waals surface area (Å²) in [6, 6.07) is 0. The van der Waals surface area contributed by atoms with E-state index < -0.39 is 32.0 Å². The van der Waals surface area contributed by atoms with Crippen LogP contribution in [0.25, 0.3) is 0 Å². The van der Waals surface area contributed by atoms with Crippen LogP contribution in [0.2, 0.25) is 0 Å². The van der Waals surface area contributed by atoms with Crippen molar-refractivity contribution in [1.29, 1.82) is 0 Å². The van der Waals surface area contributed by atoms with Crippen LogP contribution in [0.1, 0.15) is 41.0 Å². The summed E-state index contributed by atoms with van der Waals surface area (Å²) in [6.45, 7) is 9.03. The molecule has 5 N–H and O–H groups in total. The molecule has 1 unspecified atom stereocenters. The molecule has 0 saturated carbocycles. The first-order chi connectivity index (χ1) is 7.72. The van der Waals surface area contributed by atoms with Gasteiger partial charge in [0.25, 0.3) is 0 Å². The number of phosphoric ester groups is 1. The Kier molecular flexibility index (Phi) is 5.58. The van der Waals surface area contributed by atoms with Crippen molar-refractivity contribution in [3.05, 3.63) is 0 Å². The highest BCUT2D eigenvalue weighted by molar-refractivity contribution is 7.46. The fourth-order valence-corrected chi connectivity index (χ4v) is 2.55. The molecule has 6 nitrogen and oxygen atoms in total. The maximum absolute atomic E-state index is 10.7. The van der Waals surface area contributed by atoms with Gasteiger partial charge in [-0.1, -0.05) is 34.6 Å². The highest BCUT2D eigenvalue weighted by Crippen LogP contribution is 2.43. The van der Waals surface area contributed by atoms with Crippen molar-refractivity contribution in [2.24, 2.45) is 16.6 Å². The number of hydrogen-bond donors (Lipinski definition) is 4. The largest absolute Gasteiger partial charge is 0.469 e. The molecule has 18 heavy (non-hydrogen) atoms. The van der Waals surface area contributed by atoms with Gasteiger partial charge in [-0.05, 0) is 17.3 Å². The Balaban J connectivity index is 4.96. The Morgan fingerprint density at radius 1 is 1.17 bits per heavy atom. The first-order valence-electron chi connectivity index (χ1n) is 5.82. The van der Waals surface area contributed by atoms with Crippen molar-refractivity contribution in [2.75, 3.05) is 13.2 Å². The van der Waals surface area contributed by atoms with Gasteiger partial charge in [0.05, 0.1) is 18.8 Å². The summed E-state index contributed by atoms with van der Waals surface area (Å²) in [5.74, 6) is 0. The summed E-state index contributed by atoms with van der Waals surface area (Å²) in [5, 5.41) is 9.46.